The lowest BCUT2D eigenvalue weighted by Crippen LogP contribution is -2.29. The van der Waals surface area contributed by atoms with Crippen molar-refractivity contribution < 1.29 is 0 Å². The molecule has 1 fully saturated rings. The van der Waals surface area contributed by atoms with E-state index in [-0.39, 0.29) is 0 Å². The fourth-order valence-electron chi connectivity index (χ4n) is 2.76. The third kappa shape index (κ3) is 9.71. The first-order valence-corrected chi connectivity index (χ1v) is 12.3. The lowest BCUT2D eigenvalue weighted by Gasteiger charge is -2.34. The van der Waals surface area contributed by atoms with Crippen LogP contribution in [-0.4, -0.2) is 33.0 Å². The van der Waals surface area contributed by atoms with Gasteiger partial charge in [0, 0.05) is 15.7 Å². The molecule has 0 radical (unpaired) electrons. The first kappa shape index (κ1) is 20.1. The lowest BCUT2D eigenvalue weighted by molar-refractivity contribution is 0.539. The molecule has 0 aliphatic heterocycles. The smallest absolute Gasteiger partial charge is 0.00681 e. The van der Waals surface area contributed by atoms with E-state index in [0.29, 0.717) is 0 Å². The zero-order chi connectivity index (χ0) is 15.3. The summed E-state index contributed by atoms with van der Waals surface area (Å²) in [5, 5.41) is 2.84. The average Bonchev–Trinajstić information content (AvgIpc) is 2.48. The second kappa shape index (κ2) is 13.5. The molecule has 0 aromatic rings. The zero-order valence-electron chi connectivity index (χ0n) is 14.4. The van der Waals surface area contributed by atoms with Crippen molar-refractivity contribution in [2.75, 3.05) is 17.3 Å². The lowest BCUT2D eigenvalue weighted by atomic mass is 9.99. The molecule has 1 saturated carbocycles. The molecule has 126 valence electrons. The maximum Gasteiger partial charge on any atom is 0.00681 e. The van der Waals surface area contributed by atoms with Crippen molar-refractivity contribution >= 4 is 35.3 Å². The summed E-state index contributed by atoms with van der Waals surface area (Å²) in [6.45, 7) is 6.94. The van der Waals surface area contributed by atoms with Gasteiger partial charge in [-0.15, -0.1) is 0 Å². The van der Waals surface area contributed by atoms with Crippen molar-refractivity contribution in [3.63, 3.8) is 0 Å². The summed E-state index contributed by atoms with van der Waals surface area (Å²) < 4.78 is 0. The highest BCUT2D eigenvalue weighted by Crippen LogP contribution is 2.40. The van der Waals surface area contributed by atoms with E-state index in [1.54, 1.807) is 0 Å². The average molecular weight is 349 g/mol. The minimum atomic E-state index is 0.948. The Morgan fingerprint density at radius 1 is 0.571 bits per heavy atom. The van der Waals surface area contributed by atoms with Crippen LogP contribution in [0.1, 0.15) is 78.6 Å². The molecule has 0 aromatic carbocycles. The number of unbranched alkanes of at least 4 members (excludes halogenated alkanes) is 3. The summed E-state index contributed by atoms with van der Waals surface area (Å²) >= 11 is 6.84. The molecule has 3 heteroatoms. The Bertz CT molecular complexity index is 188. The van der Waals surface area contributed by atoms with Gasteiger partial charge < -0.3 is 0 Å². The maximum atomic E-state index is 2.31. The van der Waals surface area contributed by atoms with Crippen molar-refractivity contribution in [3.8, 4) is 0 Å². The second-order valence-corrected chi connectivity index (χ2v) is 10.5. The normalized spacial score (nSPS) is 26.1. The third-order valence-corrected chi connectivity index (χ3v) is 8.27. The molecule has 0 unspecified atom stereocenters. The third-order valence-electron chi connectivity index (χ3n) is 4.13. The summed E-state index contributed by atoms with van der Waals surface area (Å²) in [7, 11) is 0. The van der Waals surface area contributed by atoms with Crippen LogP contribution in [0.25, 0.3) is 0 Å². The summed E-state index contributed by atoms with van der Waals surface area (Å²) in [5.74, 6) is 4.17. The van der Waals surface area contributed by atoms with Crippen LogP contribution in [0.2, 0.25) is 0 Å². The van der Waals surface area contributed by atoms with Gasteiger partial charge in [0.15, 0.2) is 0 Å². The highest BCUT2D eigenvalue weighted by atomic mass is 32.2. The Hall–Kier alpha value is 1.05. The van der Waals surface area contributed by atoms with Crippen LogP contribution in [0.15, 0.2) is 0 Å². The summed E-state index contributed by atoms with van der Waals surface area (Å²) in [5.41, 5.74) is 0. The van der Waals surface area contributed by atoms with Crippen LogP contribution in [-0.2, 0) is 0 Å². The van der Waals surface area contributed by atoms with E-state index in [0.717, 1.165) is 15.7 Å². The highest BCUT2D eigenvalue weighted by molar-refractivity contribution is 8.01. The number of thioether (sulfide) groups is 3. The van der Waals surface area contributed by atoms with Gasteiger partial charge in [-0.3, -0.25) is 0 Å². The molecular weight excluding hydrogens is 312 g/mol. The van der Waals surface area contributed by atoms with E-state index in [1.165, 1.54) is 75.0 Å². The van der Waals surface area contributed by atoms with Crippen LogP contribution in [0.3, 0.4) is 0 Å². The molecule has 0 saturated heterocycles. The topological polar surface area (TPSA) is 0 Å². The van der Waals surface area contributed by atoms with Crippen molar-refractivity contribution in [2.24, 2.45) is 0 Å². The first-order chi connectivity index (χ1) is 10.3. The van der Waals surface area contributed by atoms with Gasteiger partial charge in [-0.2, -0.15) is 35.3 Å². The van der Waals surface area contributed by atoms with Crippen molar-refractivity contribution in [3.05, 3.63) is 0 Å². The minimum absolute atomic E-state index is 0.948. The van der Waals surface area contributed by atoms with Crippen molar-refractivity contribution in [1.29, 1.82) is 0 Å². The van der Waals surface area contributed by atoms with Crippen molar-refractivity contribution in [1.82, 2.24) is 0 Å². The second-order valence-electron chi connectivity index (χ2n) is 6.25. The molecular formula is C18H36S3. The van der Waals surface area contributed by atoms with Gasteiger partial charge in [-0.25, -0.2) is 0 Å². The van der Waals surface area contributed by atoms with Crippen LogP contribution in [0.4, 0.5) is 0 Å². The number of hydrogen-bond donors (Lipinski definition) is 0. The van der Waals surface area contributed by atoms with Gasteiger partial charge in [0.25, 0.3) is 0 Å². The van der Waals surface area contributed by atoms with Gasteiger partial charge in [-0.1, -0.05) is 40.0 Å². The SMILES string of the molecule is CCCCSC1CC(SCCCC)CC(SCCCC)C1. The molecule has 0 aromatic heterocycles. The van der Waals surface area contributed by atoms with Gasteiger partial charge in [-0.05, 0) is 55.8 Å². The molecule has 0 bridgehead atoms. The molecule has 0 amide bonds. The van der Waals surface area contributed by atoms with Gasteiger partial charge >= 0.3 is 0 Å². The van der Waals surface area contributed by atoms with Crippen LogP contribution >= 0.6 is 35.3 Å². The number of rotatable bonds is 12. The van der Waals surface area contributed by atoms with E-state index in [9.17, 15) is 0 Å². The number of hydrogen-bond acceptors (Lipinski definition) is 3. The van der Waals surface area contributed by atoms with Crippen LogP contribution < -0.4 is 0 Å². The molecule has 1 aliphatic rings. The van der Waals surface area contributed by atoms with E-state index < -0.39 is 0 Å². The molecule has 0 nitrogen and oxygen atoms in total. The van der Waals surface area contributed by atoms with Crippen LogP contribution in [0.5, 0.6) is 0 Å². The molecule has 0 heterocycles. The van der Waals surface area contributed by atoms with Crippen molar-refractivity contribution in [2.45, 2.75) is 94.3 Å². The highest BCUT2D eigenvalue weighted by Gasteiger charge is 2.29. The Labute approximate surface area is 146 Å². The summed E-state index contributed by atoms with van der Waals surface area (Å²) in [6, 6.07) is 0. The Morgan fingerprint density at radius 2 is 0.857 bits per heavy atom. The molecule has 0 atom stereocenters. The Morgan fingerprint density at radius 3 is 1.10 bits per heavy atom. The predicted octanol–water partition coefficient (Wildman–Crippen LogP) is 6.88. The molecule has 1 rings (SSSR count). The quantitative estimate of drug-likeness (QED) is 0.353. The first-order valence-electron chi connectivity index (χ1n) is 9.14. The van der Waals surface area contributed by atoms with Gasteiger partial charge in [0.1, 0.15) is 0 Å². The fourth-order valence-corrected chi connectivity index (χ4v) is 7.70. The molecule has 21 heavy (non-hydrogen) atoms. The Kier molecular flexibility index (Phi) is 12.9. The predicted molar refractivity (Wildman–Crippen MR) is 107 cm³/mol. The van der Waals surface area contributed by atoms with Gasteiger partial charge in [0.05, 0.1) is 0 Å². The van der Waals surface area contributed by atoms with E-state index in [4.69, 9.17) is 0 Å². The Balaban J connectivity index is 2.35. The van der Waals surface area contributed by atoms with Gasteiger partial charge in [0.2, 0.25) is 0 Å². The van der Waals surface area contributed by atoms with E-state index >= 15 is 0 Å². The molecule has 0 N–H and O–H groups in total. The zero-order valence-corrected chi connectivity index (χ0v) is 16.9. The minimum Gasteiger partial charge on any atom is -0.159 e. The summed E-state index contributed by atoms with van der Waals surface area (Å²) in [4.78, 5) is 0. The van der Waals surface area contributed by atoms with E-state index in [1.807, 2.05) is 0 Å². The molecule has 1 aliphatic carbocycles. The van der Waals surface area contributed by atoms with E-state index in [2.05, 4.69) is 56.1 Å². The van der Waals surface area contributed by atoms with Crippen LogP contribution in [0, 0.1) is 0 Å². The summed E-state index contributed by atoms with van der Waals surface area (Å²) in [6.07, 6.45) is 12.7. The monoisotopic (exact) mass is 348 g/mol. The standard InChI is InChI=1S/C18H36S3/c1-4-7-10-19-16-13-17(20-11-8-5-2)15-18(14-16)21-12-9-6-3/h16-18H,4-15H2,1-3H3. The fraction of sp³-hybridized carbons (Fsp3) is 1.00. The maximum absolute atomic E-state index is 2.31. The molecule has 0 spiro atoms. The largest absolute Gasteiger partial charge is 0.159 e.